The van der Waals surface area contributed by atoms with Crippen LogP contribution in [-0.4, -0.2) is 23.4 Å². The number of alkyl halides is 1. The van der Waals surface area contributed by atoms with Gasteiger partial charge in [0.25, 0.3) is 0 Å². The summed E-state index contributed by atoms with van der Waals surface area (Å²) in [5.41, 5.74) is 0. The zero-order chi connectivity index (χ0) is 9.10. The van der Waals surface area contributed by atoms with Crippen molar-refractivity contribution in [3.05, 3.63) is 11.7 Å². The van der Waals surface area contributed by atoms with Crippen LogP contribution in [-0.2, 0) is 10.6 Å². The molecule has 5 heteroatoms. The minimum atomic E-state index is 0.278. The molecule has 0 N–H and O–H groups in total. The maximum atomic E-state index is 5.55. The highest BCUT2D eigenvalue weighted by Gasteiger charge is 2.21. The van der Waals surface area contributed by atoms with E-state index in [0.29, 0.717) is 12.5 Å². The van der Waals surface area contributed by atoms with E-state index in [1.165, 1.54) is 0 Å². The fraction of sp³-hybridized carbons (Fsp3) is 0.750. The van der Waals surface area contributed by atoms with Crippen LogP contribution < -0.4 is 0 Å². The number of hydrogen-bond acceptors (Lipinski definition) is 4. The second-order valence-electron chi connectivity index (χ2n) is 3.09. The van der Waals surface area contributed by atoms with Crippen LogP contribution in [0.15, 0.2) is 4.52 Å². The van der Waals surface area contributed by atoms with E-state index in [-0.39, 0.29) is 11.8 Å². The molecule has 0 saturated carbocycles. The average Bonchev–Trinajstić information content (AvgIpc) is 2.67. The number of ether oxygens (including phenoxy) is 1. The smallest absolute Gasteiger partial charge is 0.241 e. The van der Waals surface area contributed by atoms with Gasteiger partial charge in [0, 0.05) is 12.5 Å². The Bertz CT molecular complexity index is 271. The van der Waals surface area contributed by atoms with Crippen LogP contribution in [0.2, 0.25) is 0 Å². The normalized spacial score (nSPS) is 23.3. The Balaban J connectivity index is 2.05. The van der Waals surface area contributed by atoms with Crippen LogP contribution in [0.4, 0.5) is 0 Å². The third kappa shape index (κ3) is 2.00. The number of aromatic nitrogens is 2. The molecule has 4 nitrogen and oxygen atoms in total. The highest BCUT2D eigenvalue weighted by molar-refractivity contribution is 6.16. The Hall–Kier alpha value is -0.610. The molecule has 1 saturated heterocycles. The number of halogens is 1. The van der Waals surface area contributed by atoms with E-state index in [9.17, 15) is 0 Å². The van der Waals surface area contributed by atoms with E-state index >= 15 is 0 Å². The van der Waals surface area contributed by atoms with E-state index in [0.717, 1.165) is 25.3 Å². The molecular weight excluding hydrogens is 192 g/mol. The molecular formula is C8H11ClN2O2. The molecule has 72 valence electrons. The lowest BCUT2D eigenvalue weighted by molar-refractivity contribution is 0.0773. The van der Waals surface area contributed by atoms with Gasteiger partial charge in [-0.3, -0.25) is 0 Å². The SMILES string of the molecule is ClCc1nc(C2CCCOC2)no1. The van der Waals surface area contributed by atoms with Gasteiger partial charge in [-0.05, 0) is 12.8 Å². The predicted octanol–water partition coefficient (Wildman–Crippen LogP) is 1.70. The summed E-state index contributed by atoms with van der Waals surface area (Å²) in [6, 6.07) is 0. The first kappa shape index (κ1) is 8.97. The standard InChI is InChI=1S/C8H11ClN2O2/c9-4-7-10-8(11-13-7)6-2-1-3-12-5-6/h6H,1-5H2. The number of nitrogens with zero attached hydrogens (tertiary/aromatic N) is 2. The van der Waals surface area contributed by atoms with Gasteiger partial charge in [-0.15, -0.1) is 11.6 Å². The van der Waals surface area contributed by atoms with Gasteiger partial charge in [-0.25, -0.2) is 0 Å². The molecule has 0 aliphatic carbocycles. The van der Waals surface area contributed by atoms with Crippen molar-refractivity contribution in [2.24, 2.45) is 0 Å². The summed E-state index contributed by atoms with van der Waals surface area (Å²) in [6.07, 6.45) is 2.14. The average molecular weight is 203 g/mol. The molecule has 1 aromatic rings. The molecule has 13 heavy (non-hydrogen) atoms. The lowest BCUT2D eigenvalue weighted by Gasteiger charge is -2.18. The van der Waals surface area contributed by atoms with Gasteiger partial charge in [0.05, 0.1) is 6.61 Å². The van der Waals surface area contributed by atoms with Crippen LogP contribution in [0.5, 0.6) is 0 Å². The van der Waals surface area contributed by atoms with Crippen molar-refractivity contribution in [3.8, 4) is 0 Å². The van der Waals surface area contributed by atoms with Crippen LogP contribution in [0.1, 0.15) is 30.5 Å². The summed E-state index contributed by atoms with van der Waals surface area (Å²) < 4.78 is 10.2. The summed E-state index contributed by atoms with van der Waals surface area (Å²) in [7, 11) is 0. The lowest BCUT2D eigenvalue weighted by atomic mass is 10.0. The molecule has 1 atom stereocenters. The molecule has 0 amide bonds. The van der Waals surface area contributed by atoms with Crippen molar-refractivity contribution in [3.63, 3.8) is 0 Å². The van der Waals surface area contributed by atoms with Gasteiger partial charge in [0.2, 0.25) is 5.89 Å². The zero-order valence-electron chi connectivity index (χ0n) is 7.20. The molecule has 1 aliphatic rings. The van der Waals surface area contributed by atoms with Crippen LogP contribution >= 0.6 is 11.6 Å². The first-order valence-corrected chi connectivity index (χ1v) is 4.90. The maximum absolute atomic E-state index is 5.55. The van der Waals surface area contributed by atoms with Gasteiger partial charge >= 0.3 is 0 Å². The van der Waals surface area contributed by atoms with Crippen LogP contribution in [0, 0.1) is 0 Å². The van der Waals surface area contributed by atoms with Crippen molar-refractivity contribution < 1.29 is 9.26 Å². The largest absolute Gasteiger partial charge is 0.381 e. The van der Waals surface area contributed by atoms with E-state index in [1.807, 2.05) is 0 Å². The molecule has 0 spiro atoms. The van der Waals surface area contributed by atoms with Crippen molar-refractivity contribution in [2.45, 2.75) is 24.6 Å². The molecule has 1 fully saturated rings. The minimum Gasteiger partial charge on any atom is -0.381 e. The van der Waals surface area contributed by atoms with Gasteiger partial charge in [-0.2, -0.15) is 4.98 Å². The van der Waals surface area contributed by atoms with Gasteiger partial charge in [0.1, 0.15) is 5.88 Å². The van der Waals surface area contributed by atoms with Gasteiger partial charge in [0.15, 0.2) is 5.82 Å². The zero-order valence-corrected chi connectivity index (χ0v) is 7.96. The second kappa shape index (κ2) is 4.07. The van der Waals surface area contributed by atoms with E-state index in [4.69, 9.17) is 20.9 Å². The highest BCUT2D eigenvalue weighted by atomic mass is 35.5. The van der Waals surface area contributed by atoms with E-state index in [1.54, 1.807) is 0 Å². The summed E-state index contributed by atoms with van der Waals surface area (Å²) in [6.45, 7) is 1.54. The first-order valence-electron chi connectivity index (χ1n) is 4.36. The third-order valence-corrected chi connectivity index (χ3v) is 2.35. The molecule has 1 aromatic heterocycles. The van der Waals surface area contributed by atoms with Crippen LogP contribution in [0.3, 0.4) is 0 Å². The number of rotatable bonds is 2. The molecule has 2 heterocycles. The molecule has 0 aromatic carbocycles. The maximum Gasteiger partial charge on any atom is 0.241 e. The second-order valence-corrected chi connectivity index (χ2v) is 3.36. The number of hydrogen-bond donors (Lipinski definition) is 0. The molecule has 0 bridgehead atoms. The highest BCUT2D eigenvalue weighted by Crippen LogP contribution is 2.22. The third-order valence-electron chi connectivity index (χ3n) is 2.12. The van der Waals surface area contributed by atoms with Gasteiger partial charge < -0.3 is 9.26 Å². The van der Waals surface area contributed by atoms with E-state index < -0.39 is 0 Å². The van der Waals surface area contributed by atoms with Crippen molar-refractivity contribution in [2.75, 3.05) is 13.2 Å². The Labute approximate surface area is 81.2 Å². The molecule has 2 rings (SSSR count). The fourth-order valence-electron chi connectivity index (χ4n) is 1.43. The summed E-state index contributed by atoms with van der Waals surface area (Å²) in [4.78, 5) is 4.16. The van der Waals surface area contributed by atoms with Crippen molar-refractivity contribution in [1.82, 2.24) is 10.1 Å². The molecule has 0 radical (unpaired) electrons. The molecule has 1 unspecified atom stereocenters. The lowest BCUT2D eigenvalue weighted by Crippen LogP contribution is -2.16. The Morgan fingerprint density at radius 3 is 3.08 bits per heavy atom. The Kier molecular flexibility index (Phi) is 2.80. The summed E-state index contributed by atoms with van der Waals surface area (Å²) in [5, 5.41) is 3.86. The molecule has 1 aliphatic heterocycles. The quantitative estimate of drug-likeness (QED) is 0.685. The Morgan fingerprint density at radius 2 is 2.46 bits per heavy atom. The van der Waals surface area contributed by atoms with Crippen molar-refractivity contribution in [1.29, 1.82) is 0 Å². The topological polar surface area (TPSA) is 48.2 Å². The van der Waals surface area contributed by atoms with E-state index in [2.05, 4.69) is 10.1 Å². The predicted molar refractivity (Wildman–Crippen MR) is 46.6 cm³/mol. The Morgan fingerprint density at radius 1 is 1.54 bits per heavy atom. The fourth-order valence-corrected chi connectivity index (χ4v) is 1.54. The minimum absolute atomic E-state index is 0.278. The van der Waals surface area contributed by atoms with Crippen LogP contribution in [0.25, 0.3) is 0 Å². The van der Waals surface area contributed by atoms with Crippen molar-refractivity contribution >= 4 is 11.6 Å². The van der Waals surface area contributed by atoms with Gasteiger partial charge in [-0.1, -0.05) is 5.16 Å². The summed E-state index contributed by atoms with van der Waals surface area (Å²) in [5.74, 6) is 1.78. The summed E-state index contributed by atoms with van der Waals surface area (Å²) >= 11 is 5.55. The monoisotopic (exact) mass is 202 g/mol. The first-order chi connectivity index (χ1) is 6.40.